The van der Waals surface area contributed by atoms with E-state index < -0.39 is 40.4 Å². The van der Waals surface area contributed by atoms with E-state index in [0.29, 0.717) is 15.6 Å². The maximum absolute atomic E-state index is 13.4. The van der Waals surface area contributed by atoms with Gasteiger partial charge in [0, 0.05) is 37.7 Å². The Morgan fingerprint density at radius 3 is 2.21 bits per heavy atom. The van der Waals surface area contributed by atoms with E-state index in [2.05, 4.69) is 5.32 Å². The standard InChI is InChI=1S/C21H25Cl2FN4O4S/c1-14(21(30)25-2)27(12-15-5-6-16(22)11-19(15)23)20(29)13-28(33(31,32)26(3)4)18-9-7-17(24)8-10-18/h5-11,14H,12-13H2,1-4H3,(H,25,30)/t14-/m0/s1. The second-order valence-corrected chi connectivity index (χ2v) is 10.2. The van der Waals surface area contributed by atoms with Gasteiger partial charge >= 0.3 is 10.2 Å². The van der Waals surface area contributed by atoms with Crippen LogP contribution in [0, 0.1) is 5.82 Å². The zero-order valence-electron chi connectivity index (χ0n) is 18.5. The Hall–Kier alpha value is -2.40. The van der Waals surface area contributed by atoms with Crippen LogP contribution in [0.5, 0.6) is 0 Å². The van der Waals surface area contributed by atoms with E-state index in [0.717, 1.165) is 20.7 Å². The minimum atomic E-state index is -4.12. The van der Waals surface area contributed by atoms with Gasteiger partial charge in [-0.1, -0.05) is 29.3 Å². The molecule has 2 rings (SSSR count). The number of rotatable bonds is 9. The van der Waals surface area contributed by atoms with Gasteiger partial charge in [-0.2, -0.15) is 12.7 Å². The van der Waals surface area contributed by atoms with Crippen molar-refractivity contribution < 1.29 is 22.4 Å². The summed E-state index contributed by atoms with van der Waals surface area (Å²) in [5, 5.41) is 3.18. The quantitative estimate of drug-likeness (QED) is 0.552. The highest BCUT2D eigenvalue weighted by Crippen LogP contribution is 2.25. The Labute approximate surface area is 203 Å². The normalized spacial score (nSPS) is 12.4. The first-order chi connectivity index (χ1) is 15.4. The minimum absolute atomic E-state index is 0.0668. The summed E-state index contributed by atoms with van der Waals surface area (Å²) in [5.74, 6) is -1.66. The summed E-state index contributed by atoms with van der Waals surface area (Å²) in [4.78, 5) is 26.9. The van der Waals surface area contributed by atoms with Crippen LogP contribution < -0.4 is 9.62 Å². The van der Waals surface area contributed by atoms with E-state index in [1.165, 1.54) is 51.2 Å². The van der Waals surface area contributed by atoms with E-state index in [4.69, 9.17) is 23.2 Å². The molecule has 0 heterocycles. The number of likely N-dealkylation sites (N-methyl/N-ethyl adjacent to an activating group) is 1. The Morgan fingerprint density at radius 2 is 1.70 bits per heavy atom. The third-order valence-corrected chi connectivity index (χ3v) is 7.31. The first-order valence-corrected chi connectivity index (χ1v) is 11.9. The third kappa shape index (κ3) is 6.57. The number of hydrogen-bond acceptors (Lipinski definition) is 4. The van der Waals surface area contributed by atoms with Crippen LogP contribution in [0.1, 0.15) is 12.5 Å². The smallest absolute Gasteiger partial charge is 0.304 e. The maximum Gasteiger partial charge on any atom is 0.304 e. The summed E-state index contributed by atoms with van der Waals surface area (Å²) in [6.07, 6.45) is 0. The summed E-state index contributed by atoms with van der Waals surface area (Å²) in [6.45, 7) is 0.824. The molecule has 1 atom stereocenters. The maximum atomic E-state index is 13.4. The van der Waals surface area contributed by atoms with E-state index in [-0.39, 0.29) is 12.2 Å². The predicted molar refractivity (Wildman–Crippen MR) is 127 cm³/mol. The number of halogens is 3. The van der Waals surface area contributed by atoms with Gasteiger partial charge in [0.2, 0.25) is 11.8 Å². The number of benzene rings is 2. The summed E-state index contributed by atoms with van der Waals surface area (Å²) < 4.78 is 41.1. The molecule has 2 aromatic carbocycles. The van der Waals surface area contributed by atoms with Crippen molar-refractivity contribution in [3.63, 3.8) is 0 Å². The zero-order chi connectivity index (χ0) is 24.9. The molecule has 0 aromatic heterocycles. The molecule has 0 radical (unpaired) electrons. The second kappa shape index (κ2) is 11.1. The van der Waals surface area contributed by atoms with E-state index in [9.17, 15) is 22.4 Å². The molecule has 2 amide bonds. The molecular formula is C21H25Cl2FN4O4S. The average molecular weight is 519 g/mol. The van der Waals surface area contributed by atoms with Gasteiger partial charge < -0.3 is 10.2 Å². The molecule has 0 fully saturated rings. The van der Waals surface area contributed by atoms with Gasteiger partial charge in [0.05, 0.1) is 5.69 Å². The molecule has 0 saturated carbocycles. The summed E-state index contributed by atoms with van der Waals surface area (Å²) in [5.41, 5.74) is 0.615. The average Bonchev–Trinajstić information content (AvgIpc) is 2.76. The molecule has 1 N–H and O–H groups in total. The van der Waals surface area contributed by atoms with Crippen molar-refractivity contribution in [3.8, 4) is 0 Å². The van der Waals surface area contributed by atoms with Gasteiger partial charge in [0.25, 0.3) is 0 Å². The molecule has 180 valence electrons. The Kier molecular flexibility index (Phi) is 9.07. The van der Waals surface area contributed by atoms with Crippen LogP contribution in [-0.2, 0) is 26.3 Å². The number of nitrogens with zero attached hydrogens (tertiary/aromatic N) is 3. The lowest BCUT2D eigenvalue weighted by Gasteiger charge is -2.32. The molecule has 2 aromatic rings. The highest BCUT2D eigenvalue weighted by molar-refractivity contribution is 7.90. The lowest BCUT2D eigenvalue weighted by Crippen LogP contribution is -2.52. The van der Waals surface area contributed by atoms with Crippen molar-refractivity contribution in [2.75, 3.05) is 32.0 Å². The first-order valence-electron chi connectivity index (χ1n) is 9.79. The van der Waals surface area contributed by atoms with Gasteiger partial charge in [-0.05, 0) is 48.9 Å². The molecule has 0 aliphatic carbocycles. The first kappa shape index (κ1) is 26.8. The highest BCUT2D eigenvalue weighted by atomic mass is 35.5. The minimum Gasteiger partial charge on any atom is -0.357 e. The predicted octanol–water partition coefficient (Wildman–Crippen LogP) is 2.91. The number of hydrogen-bond donors (Lipinski definition) is 1. The number of amides is 2. The molecule has 0 aliphatic rings. The van der Waals surface area contributed by atoms with Crippen molar-refractivity contribution >= 4 is 50.9 Å². The molecule has 0 spiro atoms. The Morgan fingerprint density at radius 1 is 1.09 bits per heavy atom. The SMILES string of the molecule is CNC(=O)[C@H](C)N(Cc1ccc(Cl)cc1Cl)C(=O)CN(c1ccc(F)cc1)S(=O)(=O)N(C)C. The molecule has 0 saturated heterocycles. The second-order valence-electron chi connectivity index (χ2n) is 7.32. The van der Waals surface area contributed by atoms with Crippen LogP contribution in [0.15, 0.2) is 42.5 Å². The lowest BCUT2D eigenvalue weighted by molar-refractivity contribution is -0.139. The van der Waals surface area contributed by atoms with Crippen LogP contribution in [0.4, 0.5) is 10.1 Å². The third-order valence-electron chi connectivity index (χ3n) is 4.90. The summed E-state index contributed by atoms with van der Waals surface area (Å²) in [6, 6.07) is 8.48. The van der Waals surface area contributed by atoms with E-state index >= 15 is 0 Å². The summed E-state index contributed by atoms with van der Waals surface area (Å²) >= 11 is 12.2. The number of carbonyl (C=O) groups excluding carboxylic acids is 2. The molecule has 33 heavy (non-hydrogen) atoms. The molecule has 8 nitrogen and oxygen atoms in total. The number of anilines is 1. The van der Waals surface area contributed by atoms with Gasteiger partial charge in [0.15, 0.2) is 0 Å². The van der Waals surface area contributed by atoms with Crippen LogP contribution in [0.3, 0.4) is 0 Å². The van der Waals surface area contributed by atoms with Crippen molar-refractivity contribution in [2.24, 2.45) is 0 Å². The number of carbonyl (C=O) groups is 2. The fourth-order valence-electron chi connectivity index (χ4n) is 2.95. The number of nitrogens with one attached hydrogen (secondary N) is 1. The summed E-state index contributed by atoms with van der Waals surface area (Å²) in [7, 11) is -0.0619. The topological polar surface area (TPSA) is 90.0 Å². The largest absolute Gasteiger partial charge is 0.357 e. The van der Waals surface area contributed by atoms with Crippen molar-refractivity contribution in [2.45, 2.75) is 19.5 Å². The molecule has 0 unspecified atom stereocenters. The fraction of sp³-hybridized carbons (Fsp3) is 0.333. The van der Waals surface area contributed by atoms with Crippen LogP contribution >= 0.6 is 23.2 Å². The van der Waals surface area contributed by atoms with Gasteiger partial charge in [-0.3, -0.25) is 9.59 Å². The van der Waals surface area contributed by atoms with Crippen molar-refractivity contribution in [3.05, 3.63) is 63.9 Å². The van der Waals surface area contributed by atoms with Gasteiger partial charge in [-0.25, -0.2) is 8.70 Å². The van der Waals surface area contributed by atoms with Crippen LogP contribution in [0.2, 0.25) is 10.0 Å². The van der Waals surface area contributed by atoms with Crippen LogP contribution in [-0.4, -0.2) is 63.2 Å². The fourth-order valence-corrected chi connectivity index (χ4v) is 4.47. The van der Waals surface area contributed by atoms with Gasteiger partial charge in [0.1, 0.15) is 18.4 Å². The van der Waals surface area contributed by atoms with E-state index in [1.807, 2.05) is 0 Å². The van der Waals surface area contributed by atoms with Crippen molar-refractivity contribution in [1.82, 2.24) is 14.5 Å². The Bertz CT molecular complexity index is 1110. The molecule has 0 aliphatic heterocycles. The molecule has 0 bridgehead atoms. The Balaban J connectivity index is 2.47. The lowest BCUT2D eigenvalue weighted by atomic mass is 10.1. The molecule has 12 heteroatoms. The highest BCUT2D eigenvalue weighted by Gasteiger charge is 2.32. The van der Waals surface area contributed by atoms with Gasteiger partial charge in [-0.15, -0.1) is 0 Å². The monoisotopic (exact) mass is 518 g/mol. The van der Waals surface area contributed by atoms with Crippen molar-refractivity contribution in [1.29, 1.82) is 0 Å². The van der Waals surface area contributed by atoms with Crippen LogP contribution in [0.25, 0.3) is 0 Å². The van der Waals surface area contributed by atoms with E-state index in [1.54, 1.807) is 12.1 Å². The zero-order valence-corrected chi connectivity index (χ0v) is 20.9. The molecular weight excluding hydrogens is 494 g/mol.